The van der Waals surface area contributed by atoms with E-state index in [1.165, 1.54) is 11.3 Å². The van der Waals surface area contributed by atoms with Crippen LogP contribution in [0, 0.1) is 5.41 Å². The Kier molecular flexibility index (Phi) is 4.98. The lowest BCUT2D eigenvalue weighted by Crippen LogP contribution is -2.44. The van der Waals surface area contributed by atoms with Crippen molar-refractivity contribution in [3.63, 3.8) is 0 Å². The quantitative estimate of drug-likeness (QED) is 0.809. The Morgan fingerprint density at radius 2 is 2.10 bits per heavy atom. The van der Waals surface area contributed by atoms with Crippen LogP contribution in [0.1, 0.15) is 25.6 Å². The third-order valence-corrected chi connectivity index (χ3v) is 5.12. The van der Waals surface area contributed by atoms with Crippen LogP contribution in [-0.4, -0.2) is 16.7 Å². The number of thiazole rings is 1. The van der Waals surface area contributed by atoms with E-state index in [9.17, 15) is 5.11 Å². The molecule has 1 unspecified atom stereocenters. The number of aliphatic hydroxyl groups is 1. The first kappa shape index (κ1) is 16.7. The second kappa shape index (κ2) is 6.24. The van der Waals surface area contributed by atoms with Crippen molar-refractivity contribution in [2.75, 3.05) is 6.61 Å². The first-order valence-corrected chi connectivity index (χ1v) is 8.48. The maximum atomic E-state index is 11.1. The van der Waals surface area contributed by atoms with Gasteiger partial charge >= 0.3 is 0 Å². The molecule has 6 heteroatoms. The Labute approximate surface area is 142 Å². The van der Waals surface area contributed by atoms with Gasteiger partial charge in [-0.05, 0) is 23.6 Å². The van der Waals surface area contributed by atoms with E-state index in [4.69, 9.17) is 16.3 Å². The summed E-state index contributed by atoms with van der Waals surface area (Å²) in [6, 6.07) is 5.39. The Morgan fingerprint density at radius 1 is 1.38 bits per heavy atom. The summed E-state index contributed by atoms with van der Waals surface area (Å²) in [6.07, 6.45) is 1.68. The van der Waals surface area contributed by atoms with E-state index in [1.54, 1.807) is 23.8 Å². The summed E-state index contributed by atoms with van der Waals surface area (Å²) in [4.78, 5) is 4.84. The van der Waals surface area contributed by atoms with Crippen LogP contribution in [0.4, 0.5) is 0 Å². The van der Waals surface area contributed by atoms with Gasteiger partial charge in [0.15, 0.2) is 0 Å². The molecule has 0 saturated carbocycles. The van der Waals surface area contributed by atoms with Crippen molar-refractivity contribution in [1.82, 2.24) is 4.98 Å². The van der Waals surface area contributed by atoms with Crippen LogP contribution >= 0.6 is 38.9 Å². The number of aromatic nitrogens is 1. The molecule has 3 nitrogen and oxygen atoms in total. The van der Waals surface area contributed by atoms with Gasteiger partial charge in [-0.15, -0.1) is 11.3 Å². The molecule has 0 aliphatic rings. The lowest BCUT2D eigenvalue weighted by atomic mass is 9.76. The van der Waals surface area contributed by atoms with Crippen molar-refractivity contribution in [1.29, 1.82) is 0 Å². The fourth-order valence-corrected chi connectivity index (χ4v) is 3.50. The molecule has 0 bridgehead atoms. The maximum absolute atomic E-state index is 11.1. The lowest BCUT2D eigenvalue weighted by Gasteiger charge is -2.39. The zero-order chi connectivity index (χ0) is 15.7. The van der Waals surface area contributed by atoms with E-state index in [0.29, 0.717) is 10.8 Å². The van der Waals surface area contributed by atoms with Gasteiger partial charge in [0, 0.05) is 10.7 Å². The van der Waals surface area contributed by atoms with Gasteiger partial charge in [-0.2, -0.15) is 0 Å². The van der Waals surface area contributed by atoms with E-state index in [2.05, 4.69) is 20.9 Å². The van der Waals surface area contributed by atoms with Crippen molar-refractivity contribution in [2.24, 2.45) is 5.41 Å². The van der Waals surface area contributed by atoms with Crippen LogP contribution in [-0.2, 0) is 5.60 Å². The molecule has 2 aromatic rings. The molecule has 21 heavy (non-hydrogen) atoms. The van der Waals surface area contributed by atoms with Crippen LogP contribution in [0.25, 0.3) is 0 Å². The number of hydrogen-bond acceptors (Lipinski definition) is 4. The van der Waals surface area contributed by atoms with Gasteiger partial charge in [0.25, 0.3) is 0 Å². The van der Waals surface area contributed by atoms with Crippen LogP contribution in [0.3, 0.4) is 0 Å². The number of nitrogens with zero attached hydrogens (tertiary/aromatic N) is 1. The lowest BCUT2D eigenvalue weighted by molar-refractivity contribution is -0.0918. The number of ether oxygens (including phenoxy) is 1. The highest BCUT2D eigenvalue weighted by Crippen LogP contribution is 2.41. The van der Waals surface area contributed by atoms with Crippen molar-refractivity contribution >= 4 is 38.9 Å². The highest BCUT2D eigenvalue weighted by molar-refractivity contribution is 9.10. The number of halogens is 2. The molecule has 2 rings (SSSR count). The van der Waals surface area contributed by atoms with Gasteiger partial charge in [0.2, 0.25) is 0 Å². The molecule has 1 atom stereocenters. The minimum Gasteiger partial charge on any atom is -0.489 e. The smallest absolute Gasteiger partial charge is 0.139 e. The highest BCUT2D eigenvalue weighted by Gasteiger charge is 2.44. The maximum Gasteiger partial charge on any atom is 0.139 e. The topological polar surface area (TPSA) is 42.4 Å². The molecular formula is C15H17BrClNO2S. The van der Waals surface area contributed by atoms with Crippen LogP contribution in [0.5, 0.6) is 5.75 Å². The largest absolute Gasteiger partial charge is 0.489 e. The van der Waals surface area contributed by atoms with E-state index in [0.717, 1.165) is 9.35 Å². The van der Waals surface area contributed by atoms with Crippen molar-refractivity contribution < 1.29 is 9.84 Å². The monoisotopic (exact) mass is 389 g/mol. The predicted molar refractivity (Wildman–Crippen MR) is 90.1 cm³/mol. The number of hydrogen-bond donors (Lipinski definition) is 1. The Hall–Kier alpha value is -0.620. The number of rotatable bonds is 4. The second-order valence-corrected chi connectivity index (χ2v) is 8.05. The van der Waals surface area contributed by atoms with Crippen LogP contribution in [0.2, 0.25) is 5.02 Å². The Bertz CT molecular complexity index is 613. The van der Waals surface area contributed by atoms with Gasteiger partial charge < -0.3 is 9.84 Å². The molecule has 1 aromatic carbocycles. The molecule has 0 fully saturated rings. The third-order valence-electron chi connectivity index (χ3n) is 3.41. The minimum atomic E-state index is -1.13. The van der Waals surface area contributed by atoms with Gasteiger partial charge in [-0.1, -0.05) is 48.3 Å². The molecule has 0 saturated heterocycles. The summed E-state index contributed by atoms with van der Waals surface area (Å²) in [7, 11) is 0. The first-order valence-electron chi connectivity index (χ1n) is 6.43. The van der Waals surface area contributed by atoms with Crippen LogP contribution in [0.15, 0.2) is 34.4 Å². The molecule has 1 aromatic heterocycles. The number of benzene rings is 1. The molecule has 114 valence electrons. The minimum absolute atomic E-state index is 0.111. The molecule has 0 amide bonds. The standard InChI is InChI=1S/C15H17BrClNO2S/c1-14(2,3)15(19,13-7-18-9-21-13)8-20-12-5-4-10(16)6-11(12)17/h4-7,9,19H,8H2,1-3H3. The molecule has 0 radical (unpaired) electrons. The van der Waals surface area contributed by atoms with Gasteiger partial charge in [0.05, 0.1) is 15.4 Å². The van der Waals surface area contributed by atoms with Gasteiger partial charge in [-0.25, -0.2) is 0 Å². The highest BCUT2D eigenvalue weighted by atomic mass is 79.9. The SMILES string of the molecule is CC(C)(C)C(O)(COc1ccc(Br)cc1Cl)c1cncs1. The fourth-order valence-electron chi connectivity index (χ4n) is 1.85. The summed E-state index contributed by atoms with van der Waals surface area (Å²) < 4.78 is 6.67. The normalized spacial score (nSPS) is 14.8. The van der Waals surface area contributed by atoms with E-state index < -0.39 is 11.0 Å². The van der Waals surface area contributed by atoms with E-state index in [1.807, 2.05) is 26.8 Å². The average Bonchev–Trinajstić information content (AvgIpc) is 2.90. The molecule has 1 heterocycles. The summed E-state index contributed by atoms with van der Waals surface area (Å²) in [5.41, 5.74) is 0.171. The zero-order valence-corrected chi connectivity index (χ0v) is 15.2. The summed E-state index contributed by atoms with van der Waals surface area (Å²) in [5.74, 6) is 0.548. The second-order valence-electron chi connectivity index (χ2n) is 5.84. The van der Waals surface area contributed by atoms with Gasteiger partial charge in [-0.3, -0.25) is 4.98 Å². The summed E-state index contributed by atoms with van der Waals surface area (Å²) >= 11 is 10.9. The summed E-state index contributed by atoms with van der Waals surface area (Å²) in [6.45, 7) is 6.03. The van der Waals surface area contributed by atoms with Crippen molar-refractivity contribution in [2.45, 2.75) is 26.4 Å². The van der Waals surface area contributed by atoms with E-state index >= 15 is 0 Å². The molecule has 0 aliphatic heterocycles. The van der Waals surface area contributed by atoms with Crippen LogP contribution < -0.4 is 4.74 Å². The third kappa shape index (κ3) is 3.59. The zero-order valence-electron chi connectivity index (χ0n) is 12.1. The van der Waals surface area contributed by atoms with Gasteiger partial charge in [0.1, 0.15) is 18.0 Å². The summed E-state index contributed by atoms with van der Waals surface area (Å²) in [5, 5.41) is 11.6. The Morgan fingerprint density at radius 3 is 2.62 bits per heavy atom. The molecule has 0 spiro atoms. The van der Waals surface area contributed by atoms with Crippen molar-refractivity contribution in [3.8, 4) is 5.75 Å². The van der Waals surface area contributed by atoms with Crippen molar-refractivity contribution in [3.05, 3.63) is 44.3 Å². The first-order chi connectivity index (χ1) is 9.74. The molecule has 1 N–H and O–H groups in total. The Balaban J connectivity index is 2.25. The predicted octanol–water partition coefficient (Wildman–Crippen LogP) is 4.87. The molecular weight excluding hydrogens is 374 g/mol. The fraction of sp³-hybridized carbons (Fsp3) is 0.400. The van der Waals surface area contributed by atoms with E-state index in [-0.39, 0.29) is 6.61 Å². The average molecular weight is 391 g/mol. The molecule has 0 aliphatic carbocycles.